The number of nitrogens with one attached hydrogen (secondary N) is 2. The Bertz CT molecular complexity index is 1330. The van der Waals surface area contributed by atoms with E-state index in [1.165, 1.54) is 25.3 Å². The third kappa shape index (κ3) is 7.28. The Hall–Kier alpha value is -3.83. The van der Waals surface area contributed by atoms with E-state index in [0.717, 1.165) is 44.3 Å². The Kier molecular flexibility index (Phi) is 9.72. The molecular formula is C30H42N6O5. The fraction of sp³-hybridized carbons (Fsp3) is 0.500. The molecule has 0 bridgehead atoms. The predicted octanol–water partition coefficient (Wildman–Crippen LogP) is 4.75. The van der Waals surface area contributed by atoms with Crippen LogP contribution in [0.5, 0.6) is 23.5 Å². The maximum Gasteiger partial charge on any atom is 0.291 e. The SMILES string of the molecule is COc1nc(NCCCN(C)CCCN)nc(OC)c1NC(=O)c1ccc(Oc2cc3c(cc2C)CCC3(C)C)o1. The minimum Gasteiger partial charge on any atom is -0.479 e. The van der Waals surface area contributed by atoms with E-state index < -0.39 is 5.91 Å². The number of methoxy groups -OCH3 is 2. The smallest absolute Gasteiger partial charge is 0.291 e. The van der Waals surface area contributed by atoms with Crippen LogP contribution in [0.25, 0.3) is 0 Å². The molecule has 1 aliphatic carbocycles. The molecule has 0 aliphatic heterocycles. The lowest BCUT2D eigenvalue weighted by molar-refractivity contribution is 0.0990. The van der Waals surface area contributed by atoms with Gasteiger partial charge in [-0.2, -0.15) is 9.97 Å². The average molecular weight is 567 g/mol. The molecule has 0 radical (unpaired) electrons. The van der Waals surface area contributed by atoms with E-state index >= 15 is 0 Å². The lowest BCUT2D eigenvalue weighted by Crippen LogP contribution is -2.24. The molecule has 41 heavy (non-hydrogen) atoms. The second-order valence-electron chi connectivity index (χ2n) is 11.0. The molecule has 0 spiro atoms. The summed E-state index contributed by atoms with van der Waals surface area (Å²) < 4.78 is 22.7. The first-order valence-electron chi connectivity index (χ1n) is 14.0. The number of carbonyl (C=O) groups excluding carboxylic acids is 1. The van der Waals surface area contributed by atoms with Crippen molar-refractivity contribution in [1.82, 2.24) is 14.9 Å². The number of carbonyl (C=O) groups is 1. The fourth-order valence-electron chi connectivity index (χ4n) is 4.98. The van der Waals surface area contributed by atoms with Crippen molar-refractivity contribution in [2.75, 3.05) is 58.1 Å². The van der Waals surface area contributed by atoms with Crippen LogP contribution in [0.3, 0.4) is 0 Å². The summed E-state index contributed by atoms with van der Waals surface area (Å²) in [4.78, 5) is 24.1. The summed E-state index contributed by atoms with van der Waals surface area (Å²) in [5.74, 6) is 1.12. The second-order valence-corrected chi connectivity index (χ2v) is 11.0. The number of anilines is 2. The van der Waals surface area contributed by atoms with Gasteiger partial charge in [0.15, 0.2) is 11.4 Å². The second kappa shape index (κ2) is 13.2. The predicted molar refractivity (Wildman–Crippen MR) is 159 cm³/mol. The molecule has 11 heteroatoms. The minimum atomic E-state index is -0.520. The molecule has 0 unspecified atom stereocenters. The van der Waals surface area contributed by atoms with Crippen LogP contribution in [0, 0.1) is 6.92 Å². The van der Waals surface area contributed by atoms with E-state index in [4.69, 9.17) is 24.4 Å². The standard InChI is InChI=1S/C30H42N6O5/c1-19-17-20-11-12-30(2,3)21(20)18-23(19)41-24-10-9-22(40-24)26(37)33-25-27(38-5)34-29(35-28(25)39-6)32-14-8-16-36(4)15-7-13-31/h9-10,17-18H,7-8,11-16,31H2,1-6H3,(H,33,37)(H,32,34,35). The van der Waals surface area contributed by atoms with Crippen LogP contribution in [0.4, 0.5) is 11.6 Å². The highest BCUT2D eigenvalue weighted by Crippen LogP contribution is 2.42. The maximum absolute atomic E-state index is 13.1. The van der Waals surface area contributed by atoms with Gasteiger partial charge in [0, 0.05) is 12.6 Å². The first-order chi connectivity index (χ1) is 19.6. The zero-order valence-corrected chi connectivity index (χ0v) is 24.9. The molecule has 1 aliphatic rings. The van der Waals surface area contributed by atoms with Gasteiger partial charge >= 0.3 is 0 Å². The molecule has 222 valence electrons. The lowest BCUT2D eigenvalue weighted by Gasteiger charge is -2.20. The molecule has 0 saturated heterocycles. The molecule has 2 heterocycles. The Morgan fingerprint density at radius 2 is 1.83 bits per heavy atom. The van der Waals surface area contributed by atoms with Crippen LogP contribution in [-0.2, 0) is 11.8 Å². The summed E-state index contributed by atoms with van der Waals surface area (Å²) in [6, 6.07) is 7.44. The number of nitrogens with two attached hydrogens (primary N) is 1. The number of amides is 1. The van der Waals surface area contributed by atoms with Crippen molar-refractivity contribution in [2.24, 2.45) is 5.73 Å². The summed E-state index contributed by atoms with van der Waals surface area (Å²) in [6.45, 7) is 9.70. The molecule has 1 amide bonds. The van der Waals surface area contributed by atoms with Crippen LogP contribution >= 0.6 is 0 Å². The first kappa shape index (κ1) is 30.1. The monoisotopic (exact) mass is 566 g/mol. The van der Waals surface area contributed by atoms with Gasteiger partial charge in [-0.3, -0.25) is 4.79 Å². The number of rotatable bonds is 14. The van der Waals surface area contributed by atoms with Crippen molar-refractivity contribution in [2.45, 2.75) is 51.9 Å². The summed E-state index contributed by atoms with van der Waals surface area (Å²) in [7, 11) is 5.00. The molecule has 0 atom stereocenters. The molecule has 0 saturated carbocycles. The van der Waals surface area contributed by atoms with Crippen LogP contribution in [-0.4, -0.2) is 68.2 Å². The van der Waals surface area contributed by atoms with Gasteiger partial charge in [-0.1, -0.05) is 19.9 Å². The van der Waals surface area contributed by atoms with Gasteiger partial charge in [0.25, 0.3) is 11.9 Å². The Morgan fingerprint density at radius 3 is 2.51 bits per heavy atom. The average Bonchev–Trinajstić information content (AvgIpc) is 3.54. The number of ether oxygens (including phenoxy) is 3. The summed E-state index contributed by atoms with van der Waals surface area (Å²) >= 11 is 0. The van der Waals surface area contributed by atoms with Gasteiger partial charge in [-0.05, 0) is 93.5 Å². The third-order valence-corrected chi connectivity index (χ3v) is 7.38. The van der Waals surface area contributed by atoms with Gasteiger partial charge in [0.05, 0.1) is 14.2 Å². The highest BCUT2D eigenvalue weighted by Gasteiger charge is 2.31. The summed E-state index contributed by atoms with van der Waals surface area (Å²) in [5, 5.41) is 5.94. The maximum atomic E-state index is 13.1. The number of hydrogen-bond acceptors (Lipinski definition) is 10. The van der Waals surface area contributed by atoms with Crippen LogP contribution in [0.1, 0.15) is 60.4 Å². The van der Waals surface area contributed by atoms with E-state index in [1.807, 2.05) is 6.92 Å². The van der Waals surface area contributed by atoms with E-state index in [-0.39, 0.29) is 34.6 Å². The van der Waals surface area contributed by atoms with Gasteiger partial charge < -0.3 is 39.9 Å². The van der Waals surface area contributed by atoms with Crippen LogP contribution in [0.15, 0.2) is 28.7 Å². The highest BCUT2D eigenvalue weighted by atomic mass is 16.6. The number of fused-ring (bicyclic) bond motifs is 1. The highest BCUT2D eigenvalue weighted by molar-refractivity contribution is 6.03. The van der Waals surface area contributed by atoms with Crippen LogP contribution in [0.2, 0.25) is 0 Å². The molecule has 4 N–H and O–H groups in total. The van der Waals surface area contributed by atoms with E-state index in [2.05, 4.69) is 58.5 Å². The van der Waals surface area contributed by atoms with Crippen molar-refractivity contribution in [3.05, 3.63) is 46.7 Å². The van der Waals surface area contributed by atoms with Gasteiger partial charge in [-0.25, -0.2) is 0 Å². The molecule has 1 aromatic carbocycles. The van der Waals surface area contributed by atoms with Crippen molar-refractivity contribution < 1.29 is 23.4 Å². The molecule has 3 aromatic rings. The molecular weight excluding hydrogens is 524 g/mol. The summed E-state index contributed by atoms with van der Waals surface area (Å²) in [6.07, 6.45) is 4.03. The Labute approximate surface area is 241 Å². The summed E-state index contributed by atoms with van der Waals surface area (Å²) in [5.41, 5.74) is 9.53. The van der Waals surface area contributed by atoms with Gasteiger partial charge in [0.1, 0.15) is 5.75 Å². The number of aryl methyl sites for hydroxylation is 2. The number of hydrogen-bond donors (Lipinski definition) is 3. The molecule has 0 fully saturated rings. The quantitative estimate of drug-likeness (QED) is 0.235. The lowest BCUT2D eigenvalue weighted by atomic mass is 9.86. The zero-order chi connectivity index (χ0) is 29.6. The molecule has 11 nitrogen and oxygen atoms in total. The number of furan rings is 1. The van der Waals surface area contributed by atoms with Crippen molar-refractivity contribution in [3.63, 3.8) is 0 Å². The van der Waals surface area contributed by atoms with E-state index in [0.29, 0.717) is 24.8 Å². The molecule has 4 rings (SSSR count). The number of aromatic nitrogens is 2. The zero-order valence-electron chi connectivity index (χ0n) is 24.9. The van der Waals surface area contributed by atoms with Crippen molar-refractivity contribution in [1.29, 1.82) is 0 Å². The topological polar surface area (TPSA) is 137 Å². The normalized spacial score (nSPS) is 13.7. The Balaban J connectivity index is 1.41. The largest absolute Gasteiger partial charge is 0.479 e. The van der Waals surface area contributed by atoms with Crippen molar-refractivity contribution in [3.8, 4) is 23.5 Å². The first-order valence-corrected chi connectivity index (χ1v) is 14.0. The Morgan fingerprint density at radius 1 is 1.12 bits per heavy atom. The van der Waals surface area contributed by atoms with Crippen LogP contribution < -0.4 is 30.6 Å². The van der Waals surface area contributed by atoms with Gasteiger partial charge in [-0.15, -0.1) is 0 Å². The third-order valence-electron chi connectivity index (χ3n) is 7.38. The number of benzene rings is 1. The molecule has 2 aromatic heterocycles. The fourth-order valence-corrected chi connectivity index (χ4v) is 4.98. The minimum absolute atomic E-state index is 0.0594. The van der Waals surface area contributed by atoms with Gasteiger partial charge in [0.2, 0.25) is 17.7 Å². The van der Waals surface area contributed by atoms with E-state index in [9.17, 15) is 4.79 Å². The van der Waals surface area contributed by atoms with Crippen molar-refractivity contribution >= 4 is 17.5 Å². The van der Waals surface area contributed by atoms with E-state index in [1.54, 1.807) is 12.1 Å². The number of nitrogens with zero attached hydrogens (tertiary/aromatic N) is 3.